The van der Waals surface area contributed by atoms with E-state index in [1.54, 1.807) is 0 Å². The van der Waals surface area contributed by atoms with E-state index in [0.29, 0.717) is 24.8 Å². The smallest absolute Gasteiger partial charge is 0.238 e. The molecule has 1 aromatic carbocycles. The van der Waals surface area contributed by atoms with Crippen LogP contribution in [0.25, 0.3) is 0 Å². The molecule has 0 radical (unpaired) electrons. The first-order valence-electron chi connectivity index (χ1n) is 7.55. The molecule has 1 aromatic rings. The molecular weight excluding hydrogens is 262 g/mol. The lowest BCUT2D eigenvalue weighted by Gasteiger charge is -2.34. The van der Waals surface area contributed by atoms with E-state index in [-0.39, 0.29) is 5.91 Å². The molecule has 0 aliphatic carbocycles. The van der Waals surface area contributed by atoms with E-state index in [0.717, 1.165) is 24.3 Å². The fourth-order valence-corrected chi connectivity index (χ4v) is 3.12. The van der Waals surface area contributed by atoms with Gasteiger partial charge in [-0.1, -0.05) is 26.0 Å². The van der Waals surface area contributed by atoms with Crippen molar-refractivity contribution in [3.8, 4) is 6.07 Å². The third-order valence-corrected chi connectivity index (χ3v) is 3.83. The second kappa shape index (κ2) is 7.24. The van der Waals surface area contributed by atoms with Gasteiger partial charge in [-0.25, -0.2) is 0 Å². The van der Waals surface area contributed by atoms with Crippen molar-refractivity contribution >= 4 is 11.6 Å². The minimum atomic E-state index is 0.0318. The maximum atomic E-state index is 12.1. The minimum absolute atomic E-state index is 0.0318. The van der Waals surface area contributed by atoms with Crippen molar-refractivity contribution in [1.29, 1.82) is 5.26 Å². The van der Waals surface area contributed by atoms with Crippen LogP contribution in [0.5, 0.6) is 0 Å². The van der Waals surface area contributed by atoms with E-state index < -0.39 is 0 Å². The van der Waals surface area contributed by atoms with Crippen LogP contribution in [0, 0.1) is 23.2 Å². The van der Waals surface area contributed by atoms with Gasteiger partial charge < -0.3 is 5.32 Å². The summed E-state index contributed by atoms with van der Waals surface area (Å²) < 4.78 is 0. The first-order valence-corrected chi connectivity index (χ1v) is 7.55. The zero-order valence-electron chi connectivity index (χ0n) is 12.8. The summed E-state index contributed by atoms with van der Waals surface area (Å²) in [6.07, 6.45) is 1.65. The number of nitrogens with zero attached hydrogens (tertiary/aromatic N) is 2. The molecule has 0 bridgehead atoms. The van der Waals surface area contributed by atoms with Gasteiger partial charge in [0.05, 0.1) is 19.0 Å². The maximum Gasteiger partial charge on any atom is 0.238 e. The maximum absolute atomic E-state index is 12.1. The minimum Gasteiger partial charge on any atom is -0.325 e. The molecule has 1 aliphatic heterocycles. The molecule has 112 valence electrons. The van der Waals surface area contributed by atoms with Crippen LogP contribution in [-0.2, 0) is 11.2 Å². The van der Waals surface area contributed by atoms with Crippen molar-refractivity contribution in [2.75, 3.05) is 25.0 Å². The Labute approximate surface area is 126 Å². The molecule has 1 aliphatic rings. The second-order valence-electron chi connectivity index (χ2n) is 6.22. The van der Waals surface area contributed by atoms with Crippen molar-refractivity contribution in [2.24, 2.45) is 11.8 Å². The molecule has 4 heteroatoms. The van der Waals surface area contributed by atoms with Crippen molar-refractivity contribution in [1.82, 2.24) is 4.90 Å². The number of carbonyl (C=O) groups is 1. The quantitative estimate of drug-likeness (QED) is 0.925. The number of piperidine rings is 1. The van der Waals surface area contributed by atoms with Gasteiger partial charge in [-0.05, 0) is 36.0 Å². The summed E-state index contributed by atoms with van der Waals surface area (Å²) in [5.41, 5.74) is 1.76. The van der Waals surface area contributed by atoms with Crippen LogP contribution in [0.1, 0.15) is 25.8 Å². The number of nitriles is 1. The molecular formula is C17H23N3O. The fraction of sp³-hybridized carbons (Fsp3) is 0.529. The number of hydrogen-bond donors (Lipinski definition) is 1. The van der Waals surface area contributed by atoms with E-state index in [1.165, 1.54) is 6.42 Å². The van der Waals surface area contributed by atoms with Crippen LogP contribution in [0.4, 0.5) is 5.69 Å². The van der Waals surface area contributed by atoms with Crippen LogP contribution in [0.3, 0.4) is 0 Å². The summed E-state index contributed by atoms with van der Waals surface area (Å²) in [6, 6.07) is 9.58. The summed E-state index contributed by atoms with van der Waals surface area (Å²) in [5, 5.41) is 11.6. The Hall–Kier alpha value is -1.86. The Morgan fingerprint density at radius 3 is 2.48 bits per heavy atom. The topological polar surface area (TPSA) is 56.1 Å². The average molecular weight is 285 g/mol. The number of anilines is 1. The number of benzene rings is 1. The largest absolute Gasteiger partial charge is 0.325 e. The third kappa shape index (κ3) is 4.87. The lowest BCUT2D eigenvalue weighted by molar-refractivity contribution is -0.117. The predicted molar refractivity (Wildman–Crippen MR) is 83.8 cm³/mol. The summed E-state index contributed by atoms with van der Waals surface area (Å²) >= 11 is 0. The predicted octanol–water partition coefficient (Wildman–Crippen LogP) is 2.67. The van der Waals surface area contributed by atoms with Gasteiger partial charge in [0.1, 0.15) is 0 Å². The third-order valence-electron chi connectivity index (χ3n) is 3.83. The molecule has 2 atom stereocenters. The summed E-state index contributed by atoms with van der Waals surface area (Å²) in [5.74, 6) is 1.35. The van der Waals surface area contributed by atoms with Gasteiger partial charge in [-0.2, -0.15) is 5.26 Å². The summed E-state index contributed by atoms with van der Waals surface area (Å²) in [7, 11) is 0. The molecule has 1 fully saturated rings. The summed E-state index contributed by atoms with van der Waals surface area (Å²) in [6.45, 7) is 6.94. The van der Waals surface area contributed by atoms with Crippen molar-refractivity contribution < 1.29 is 4.79 Å². The van der Waals surface area contributed by atoms with Gasteiger partial charge in [-0.15, -0.1) is 0 Å². The van der Waals surface area contributed by atoms with E-state index in [1.807, 2.05) is 24.3 Å². The number of amides is 1. The van der Waals surface area contributed by atoms with Crippen LogP contribution in [0.2, 0.25) is 0 Å². The van der Waals surface area contributed by atoms with E-state index >= 15 is 0 Å². The number of rotatable bonds is 4. The van der Waals surface area contributed by atoms with Crippen LogP contribution in [0.15, 0.2) is 24.3 Å². The number of hydrogen-bond acceptors (Lipinski definition) is 3. The Bertz CT molecular complexity index is 508. The van der Waals surface area contributed by atoms with Gasteiger partial charge in [0.25, 0.3) is 0 Å². The van der Waals surface area contributed by atoms with Gasteiger partial charge in [0, 0.05) is 18.8 Å². The van der Waals surface area contributed by atoms with Gasteiger partial charge in [0.15, 0.2) is 0 Å². The molecule has 1 N–H and O–H groups in total. The highest BCUT2D eigenvalue weighted by Crippen LogP contribution is 2.20. The monoisotopic (exact) mass is 285 g/mol. The zero-order chi connectivity index (χ0) is 15.2. The van der Waals surface area contributed by atoms with Crippen LogP contribution in [-0.4, -0.2) is 30.4 Å². The fourth-order valence-electron chi connectivity index (χ4n) is 3.12. The van der Waals surface area contributed by atoms with E-state index in [2.05, 4.69) is 30.1 Å². The van der Waals surface area contributed by atoms with Crippen molar-refractivity contribution in [2.45, 2.75) is 26.7 Å². The Morgan fingerprint density at radius 2 is 1.90 bits per heavy atom. The molecule has 4 nitrogen and oxygen atoms in total. The zero-order valence-corrected chi connectivity index (χ0v) is 12.8. The molecule has 1 saturated heterocycles. The molecule has 0 spiro atoms. The number of nitrogens with one attached hydrogen (secondary N) is 1. The number of likely N-dealkylation sites (tertiary alicyclic amines) is 1. The Balaban J connectivity index is 1.85. The molecule has 0 unspecified atom stereocenters. The van der Waals surface area contributed by atoms with Crippen LogP contribution >= 0.6 is 0 Å². The molecule has 0 aromatic heterocycles. The molecule has 21 heavy (non-hydrogen) atoms. The van der Waals surface area contributed by atoms with Crippen molar-refractivity contribution in [3.05, 3.63) is 29.8 Å². The van der Waals surface area contributed by atoms with Crippen LogP contribution < -0.4 is 5.32 Å². The normalized spacial score (nSPS) is 22.5. The first-order chi connectivity index (χ1) is 10.1. The standard InChI is InChI=1S/C17H23N3O/c1-13-9-14(2)11-20(10-13)12-17(21)19-16-5-3-15(4-6-16)7-8-18/h3-6,13-14H,7,9-12H2,1-2H3,(H,19,21)/t13-,14-/m0/s1. The SMILES string of the molecule is C[C@H]1C[C@H](C)CN(CC(=O)Nc2ccc(CC#N)cc2)C1. The molecule has 1 amide bonds. The first kappa shape index (κ1) is 15.5. The van der Waals surface area contributed by atoms with Crippen molar-refractivity contribution in [3.63, 3.8) is 0 Å². The summed E-state index contributed by atoms with van der Waals surface area (Å²) in [4.78, 5) is 14.3. The Morgan fingerprint density at radius 1 is 1.29 bits per heavy atom. The second-order valence-corrected chi connectivity index (χ2v) is 6.22. The van der Waals surface area contributed by atoms with Gasteiger partial charge in [0.2, 0.25) is 5.91 Å². The molecule has 1 heterocycles. The average Bonchev–Trinajstić information content (AvgIpc) is 2.40. The lowest BCUT2D eigenvalue weighted by Crippen LogP contribution is -2.42. The lowest BCUT2D eigenvalue weighted by atomic mass is 9.92. The van der Waals surface area contributed by atoms with E-state index in [4.69, 9.17) is 5.26 Å². The molecule has 2 rings (SSSR count). The number of carbonyl (C=O) groups excluding carboxylic acids is 1. The Kier molecular flexibility index (Phi) is 5.35. The van der Waals surface area contributed by atoms with Gasteiger partial charge in [-0.3, -0.25) is 9.69 Å². The van der Waals surface area contributed by atoms with E-state index in [9.17, 15) is 4.79 Å². The highest BCUT2D eigenvalue weighted by Gasteiger charge is 2.23. The highest BCUT2D eigenvalue weighted by molar-refractivity contribution is 5.92. The van der Waals surface area contributed by atoms with Gasteiger partial charge >= 0.3 is 0 Å². The molecule has 0 saturated carbocycles. The highest BCUT2D eigenvalue weighted by atomic mass is 16.2.